The number of halogens is 1. The van der Waals surface area contributed by atoms with Gasteiger partial charge in [-0.05, 0) is 31.2 Å². The second kappa shape index (κ2) is 8.08. The SMILES string of the molecule is CCOC(=O)c1oc2ccccc2c1CSc1nncn1-c1cccc(Cl)c1. The molecule has 0 aliphatic carbocycles. The highest BCUT2D eigenvalue weighted by molar-refractivity contribution is 7.98. The van der Waals surface area contributed by atoms with Crippen LogP contribution in [0.15, 0.2) is 64.4 Å². The Morgan fingerprint density at radius 3 is 2.93 bits per heavy atom. The van der Waals surface area contributed by atoms with Gasteiger partial charge in [-0.1, -0.05) is 47.6 Å². The van der Waals surface area contributed by atoms with Crippen LogP contribution in [0.1, 0.15) is 23.0 Å². The molecule has 142 valence electrons. The quantitative estimate of drug-likeness (QED) is 0.322. The van der Waals surface area contributed by atoms with Crippen LogP contribution in [0.3, 0.4) is 0 Å². The lowest BCUT2D eigenvalue weighted by molar-refractivity contribution is 0.0491. The fourth-order valence-corrected chi connectivity index (χ4v) is 4.01. The number of rotatable bonds is 6. The smallest absolute Gasteiger partial charge is 0.374 e. The highest BCUT2D eigenvalue weighted by atomic mass is 35.5. The van der Waals surface area contributed by atoms with Crippen LogP contribution in [0.5, 0.6) is 0 Å². The van der Waals surface area contributed by atoms with E-state index >= 15 is 0 Å². The Labute approximate surface area is 170 Å². The molecule has 0 saturated carbocycles. The third-order valence-corrected chi connectivity index (χ3v) is 5.31. The van der Waals surface area contributed by atoms with Crippen LogP contribution in [-0.2, 0) is 10.5 Å². The molecule has 0 aliphatic heterocycles. The molecule has 0 unspecified atom stereocenters. The molecule has 0 fully saturated rings. The van der Waals surface area contributed by atoms with E-state index in [2.05, 4.69) is 10.2 Å². The molecule has 0 saturated heterocycles. The van der Waals surface area contributed by atoms with Gasteiger partial charge in [0.05, 0.1) is 12.3 Å². The molecule has 0 aliphatic rings. The summed E-state index contributed by atoms with van der Waals surface area (Å²) < 4.78 is 12.8. The zero-order valence-electron chi connectivity index (χ0n) is 15.0. The summed E-state index contributed by atoms with van der Waals surface area (Å²) in [6.45, 7) is 2.05. The largest absolute Gasteiger partial charge is 0.460 e. The maximum Gasteiger partial charge on any atom is 0.374 e. The summed E-state index contributed by atoms with van der Waals surface area (Å²) in [5.41, 5.74) is 2.29. The van der Waals surface area contributed by atoms with Crippen LogP contribution in [0.2, 0.25) is 5.02 Å². The number of ether oxygens (including phenoxy) is 1. The molecule has 28 heavy (non-hydrogen) atoms. The van der Waals surface area contributed by atoms with Crippen molar-refractivity contribution >= 4 is 40.3 Å². The van der Waals surface area contributed by atoms with Gasteiger partial charge in [-0.2, -0.15) is 0 Å². The number of fused-ring (bicyclic) bond motifs is 1. The van der Waals surface area contributed by atoms with Gasteiger partial charge in [-0.15, -0.1) is 10.2 Å². The summed E-state index contributed by atoms with van der Waals surface area (Å²) in [7, 11) is 0. The Hall–Kier alpha value is -2.77. The van der Waals surface area contributed by atoms with E-state index in [1.807, 2.05) is 53.1 Å². The molecular weight excluding hydrogens is 398 g/mol. The number of hydrogen-bond donors (Lipinski definition) is 0. The lowest BCUT2D eigenvalue weighted by atomic mass is 10.1. The first-order valence-corrected chi connectivity index (χ1v) is 10.00. The zero-order chi connectivity index (χ0) is 19.5. The minimum atomic E-state index is -0.467. The number of nitrogens with zero attached hydrogens (tertiary/aromatic N) is 3. The van der Waals surface area contributed by atoms with Crippen LogP contribution in [0.4, 0.5) is 0 Å². The van der Waals surface area contributed by atoms with Crippen LogP contribution in [-0.4, -0.2) is 27.3 Å². The van der Waals surface area contributed by atoms with Crippen molar-refractivity contribution in [1.29, 1.82) is 0 Å². The fourth-order valence-electron chi connectivity index (χ4n) is 2.87. The van der Waals surface area contributed by atoms with E-state index in [4.69, 9.17) is 20.8 Å². The van der Waals surface area contributed by atoms with Crippen molar-refractivity contribution in [2.45, 2.75) is 17.8 Å². The number of carbonyl (C=O) groups is 1. The Morgan fingerprint density at radius 2 is 2.11 bits per heavy atom. The minimum absolute atomic E-state index is 0.226. The molecular formula is C20H16ClN3O3S. The maximum absolute atomic E-state index is 12.3. The average Bonchev–Trinajstić information content (AvgIpc) is 3.31. The van der Waals surface area contributed by atoms with E-state index in [0.29, 0.717) is 21.5 Å². The molecule has 0 atom stereocenters. The summed E-state index contributed by atoms with van der Waals surface area (Å²) in [5.74, 6) is 0.236. The number of hydrogen-bond acceptors (Lipinski definition) is 6. The molecule has 8 heteroatoms. The molecule has 6 nitrogen and oxygen atoms in total. The summed E-state index contributed by atoms with van der Waals surface area (Å²) in [6, 6.07) is 15.0. The molecule has 2 aromatic carbocycles. The molecule has 0 spiro atoms. The number of aromatic nitrogens is 3. The van der Waals surface area contributed by atoms with Crippen molar-refractivity contribution in [2.75, 3.05) is 6.61 Å². The van der Waals surface area contributed by atoms with E-state index < -0.39 is 5.97 Å². The molecule has 2 aromatic heterocycles. The van der Waals surface area contributed by atoms with Gasteiger partial charge >= 0.3 is 5.97 Å². The highest BCUT2D eigenvalue weighted by Gasteiger charge is 2.22. The molecule has 0 radical (unpaired) electrons. The maximum atomic E-state index is 12.3. The number of para-hydroxylation sites is 1. The molecule has 0 N–H and O–H groups in total. The topological polar surface area (TPSA) is 70.2 Å². The third-order valence-electron chi connectivity index (χ3n) is 4.11. The second-order valence-electron chi connectivity index (χ2n) is 5.88. The van der Waals surface area contributed by atoms with E-state index in [1.54, 1.807) is 13.3 Å². The number of furan rings is 1. The van der Waals surface area contributed by atoms with Gasteiger partial charge in [-0.25, -0.2) is 4.79 Å². The number of benzene rings is 2. The first kappa shape index (κ1) is 18.6. The van der Waals surface area contributed by atoms with Crippen LogP contribution >= 0.6 is 23.4 Å². The number of esters is 1. The van der Waals surface area contributed by atoms with Crippen molar-refractivity contribution < 1.29 is 13.9 Å². The average molecular weight is 414 g/mol. The Bertz CT molecular complexity index is 1140. The van der Waals surface area contributed by atoms with Gasteiger partial charge in [0.2, 0.25) is 5.76 Å². The molecule has 4 rings (SSSR count). The van der Waals surface area contributed by atoms with E-state index in [-0.39, 0.29) is 12.4 Å². The summed E-state index contributed by atoms with van der Waals surface area (Å²) in [5, 5.41) is 10.4. The van der Waals surface area contributed by atoms with Crippen LogP contribution in [0, 0.1) is 0 Å². The normalized spacial score (nSPS) is 11.1. The van der Waals surface area contributed by atoms with Crippen molar-refractivity contribution in [3.8, 4) is 5.69 Å². The third kappa shape index (κ3) is 3.63. The lowest BCUT2D eigenvalue weighted by Crippen LogP contribution is -2.06. The Morgan fingerprint density at radius 1 is 1.25 bits per heavy atom. The molecule has 4 aromatic rings. The minimum Gasteiger partial charge on any atom is -0.460 e. The molecule has 2 heterocycles. The van der Waals surface area contributed by atoms with Crippen molar-refractivity contribution in [3.63, 3.8) is 0 Å². The molecule has 0 amide bonds. The van der Waals surface area contributed by atoms with Crippen molar-refractivity contribution in [1.82, 2.24) is 14.8 Å². The molecule has 0 bridgehead atoms. The van der Waals surface area contributed by atoms with E-state index in [1.165, 1.54) is 11.8 Å². The Balaban J connectivity index is 1.66. The number of thioether (sulfide) groups is 1. The van der Waals surface area contributed by atoms with Crippen molar-refractivity contribution in [2.24, 2.45) is 0 Å². The van der Waals surface area contributed by atoms with Gasteiger partial charge in [0.1, 0.15) is 11.9 Å². The van der Waals surface area contributed by atoms with Crippen LogP contribution < -0.4 is 0 Å². The highest BCUT2D eigenvalue weighted by Crippen LogP contribution is 2.32. The monoisotopic (exact) mass is 413 g/mol. The zero-order valence-corrected chi connectivity index (χ0v) is 16.5. The van der Waals surface area contributed by atoms with Gasteiger partial charge < -0.3 is 9.15 Å². The van der Waals surface area contributed by atoms with E-state index in [9.17, 15) is 4.79 Å². The first-order chi connectivity index (χ1) is 13.7. The van der Waals surface area contributed by atoms with Gasteiger partial charge in [0, 0.05) is 21.7 Å². The summed E-state index contributed by atoms with van der Waals surface area (Å²) >= 11 is 7.55. The number of carbonyl (C=O) groups excluding carboxylic acids is 1. The first-order valence-electron chi connectivity index (χ1n) is 8.63. The fraction of sp³-hybridized carbons (Fsp3) is 0.150. The van der Waals surface area contributed by atoms with Gasteiger partial charge in [-0.3, -0.25) is 4.57 Å². The standard InChI is InChI=1S/C20H16ClN3O3S/c1-2-26-19(25)18-16(15-8-3-4-9-17(15)27-18)11-28-20-23-22-12-24(20)14-7-5-6-13(21)10-14/h3-10,12H,2,11H2,1H3. The van der Waals surface area contributed by atoms with Gasteiger partial charge in [0.15, 0.2) is 5.16 Å². The van der Waals surface area contributed by atoms with Gasteiger partial charge in [0.25, 0.3) is 0 Å². The Kier molecular flexibility index (Phi) is 5.36. The van der Waals surface area contributed by atoms with Crippen molar-refractivity contribution in [3.05, 3.63) is 71.2 Å². The van der Waals surface area contributed by atoms with E-state index in [0.717, 1.165) is 16.6 Å². The summed E-state index contributed by atoms with van der Waals surface area (Å²) in [6.07, 6.45) is 1.63. The summed E-state index contributed by atoms with van der Waals surface area (Å²) in [4.78, 5) is 12.3. The predicted octanol–water partition coefficient (Wildman–Crippen LogP) is 5.14. The van der Waals surface area contributed by atoms with Crippen LogP contribution in [0.25, 0.3) is 16.7 Å². The lowest BCUT2D eigenvalue weighted by Gasteiger charge is -2.07. The predicted molar refractivity (Wildman–Crippen MR) is 108 cm³/mol. The second-order valence-corrected chi connectivity index (χ2v) is 7.26.